The molecule has 0 heterocycles. The van der Waals surface area contributed by atoms with Crippen LogP contribution < -0.4 is 0 Å². The summed E-state index contributed by atoms with van der Waals surface area (Å²) in [6, 6.07) is 0. The van der Waals surface area contributed by atoms with Gasteiger partial charge in [-0.05, 0) is 74.0 Å². The summed E-state index contributed by atoms with van der Waals surface area (Å²) in [6.45, 7) is 2.36. The van der Waals surface area contributed by atoms with Gasteiger partial charge in [0.15, 0.2) is 0 Å². The van der Waals surface area contributed by atoms with Gasteiger partial charge in [0.1, 0.15) is 0 Å². The Morgan fingerprint density at radius 2 is 1.30 bits per heavy atom. The quantitative estimate of drug-likeness (QED) is 0.429. The van der Waals surface area contributed by atoms with E-state index in [0.717, 1.165) is 48.3 Å². The molecule has 0 spiro atoms. The van der Waals surface area contributed by atoms with E-state index in [2.05, 4.69) is 6.92 Å². The lowest BCUT2D eigenvalue weighted by atomic mass is 10.0. The van der Waals surface area contributed by atoms with Crippen molar-refractivity contribution in [1.82, 2.24) is 0 Å². The van der Waals surface area contributed by atoms with Crippen LogP contribution in [0.3, 0.4) is 0 Å². The maximum atomic E-state index is 10.4. The smallest absolute Gasteiger partial charge is 0.303 e. The second-order valence-corrected chi connectivity index (χ2v) is 8.85. The molecule has 3 unspecified atom stereocenters. The van der Waals surface area contributed by atoms with Crippen LogP contribution in [0.5, 0.6) is 0 Å². The summed E-state index contributed by atoms with van der Waals surface area (Å²) in [7, 11) is 0. The highest BCUT2D eigenvalue weighted by Gasteiger charge is 2.48. The van der Waals surface area contributed by atoms with Gasteiger partial charge in [-0.15, -0.1) is 0 Å². The van der Waals surface area contributed by atoms with Crippen LogP contribution >= 0.6 is 0 Å². The van der Waals surface area contributed by atoms with Crippen molar-refractivity contribution >= 4 is 5.97 Å². The molecule has 6 atom stereocenters. The normalized spacial score (nSPS) is 37.6. The molecule has 0 bridgehead atoms. The highest BCUT2D eigenvalue weighted by molar-refractivity contribution is 5.66. The van der Waals surface area contributed by atoms with Gasteiger partial charge in [0.05, 0.1) is 0 Å². The number of carboxylic acids is 1. The summed E-state index contributed by atoms with van der Waals surface area (Å²) >= 11 is 0. The second kappa shape index (κ2) is 8.03. The molecule has 0 aromatic heterocycles. The number of carboxylic acid groups (broad SMARTS) is 1. The van der Waals surface area contributed by atoms with Crippen LogP contribution in [-0.4, -0.2) is 11.1 Å². The molecular formula is C21H36O2. The molecule has 3 rings (SSSR count). The molecule has 0 aromatic carbocycles. The summed E-state index contributed by atoms with van der Waals surface area (Å²) in [4.78, 5) is 10.4. The van der Waals surface area contributed by atoms with Gasteiger partial charge in [0.2, 0.25) is 0 Å². The predicted octanol–water partition coefficient (Wildman–Crippen LogP) is 5.90. The van der Waals surface area contributed by atoms with Crippen molar-refractivity contribution in [2.45, 2.75) is 90.4 Å². The summed E-state index contributed by atoms with van der Waals surface area (Å²) in [5.74, 6) is 5.94. The predicted molar refractivity (Wildman–Crippen MR) is 94.3 cm³/mol. The van der Waals surface area contributed by atoms with Crippen molar-refractivity contribution < 1.29 is 9.90 Å². The second-order valence-electron chi connectivity index (χ2n) is 8.85. The molecule has 0 radical (unpaired) electrons. The first-order valence-corrected chi connectivity index (χ1v) is 10.4. The molecule has 3 fully saturated rings. The molecule has 2 nitrogen and oxygen atoms in total. The number of hydrogen-bond acceptors (Lipinski definition) is 1. The molecule has 3 aliphatic rings. The van der Waals surface area contributed by atoms with E-state index in [1.807, 2.05) is 0 Å². The van der Waals surface area contributed by atoms with E-state index >= 15 is 0 Å². The first kappa shape index (κ1) is 17.3. The minimum Gasteiger partial charge on any atom is -0.481 e. The number of unbranched alkanes of at least 4 members (excludes halogenated alkanes) is 4. The minimum atomic E-state index is -0.642. The third kappa shape index (κ3) is 5.80. The Kier molecular flexibility index (Phi) is 6.04. The van der Waals surface area contributed by atoms with Gasteiger partial charge in [-0.1, -0.05) is 45.4 Å². The molecule has 0 saturated heterocycles. The lowest BCUT2D eigenvalue weighted by molar-refractivity contribution is -0.137. The zero-order valence-corrected chi connectivity index (χ0v) is 15.0. The van der Waals surface area contributed by atoms with E-state index in [9.17, 15) is 4.79 Å². The summed E-state index contributed by atoms with van der Waals surface area (Å²) < 4.78 is 0. The van der Waals surface area contributed by atoms with Crippen molar-refractivity contribution in [1.29, 1.82) is 0 Å². The van der Waals surface area contributed by atoms with Crippen LogP contribution in [0.4, 0.5) is 0 Å². The van der Waals surface area contributed by atoms with Crippen molar-refractivity contribution in [3.05, 3.63) is 0 Å². The third-order valence-corrected chi connectivity index (χ3v) is 6.91. The largest absolute Gasteiger partial charge is 0.481 e. The lowest BCUT2D eigenvalue weighted by Gasteiger charge is -2.02. The van der Waals surface area contributed by atoms with E-state index in [0.29, 0.717) is 6.42 Å². The van der Waals surface area contributed by atoms with Gasteiger partial charge in [0, 0.05) is 6.42 Å². The molecule has 0 amide bonds. The van der Waals surface area contributed by atoms with Gasteiger partial charge >= 0.3 is 5.97 Å². The Morgan fingerprint density at radius 3 is 1.96 bits per heavy atom. The fourth-order valence-corrected chi connectivity index (χ4v) is 4.93. The zero-order valence-electron chi connectivity index (χ0n) is 15.0. The lowest BCUT2D eigenvalue weighted by Crippen LogP contribution is -1.93. The van der Waals surface area contributed by atoms with Crippen LogP contribution in [0.15, 0.2) is 0 Å². The fourth-order valence-electron chi connectivity index (χ4n) is 4.93. The fraction of sp³-hybridized carbons (Fsp3) is 0.952. The Balaban J connectivity index is 1.13. The molecular weight excluding hydrogens is 284 g/mol. The zero-order chi connectivity index (χ0) is 16.2. The maximum absolute atomic E-state index is 10.4. The topological polar surface area (TPSA) is 37.3 Å². The SMILES string of the molecule is CC[C@@H]1CC1C[C@@H]1CC1C[C@H]1CC1CCCCCCCC(=O)O. The Labute approximate surface area is 142 Å². The molecule has 1 N–H and O–H groups in total. The van der Waals surface area contributed by atoms with E-state index in [4.69, 9.17) is 5.11 Å². The Bertz CT molecular complexity index is 391. The number of rotatable bonds is 13. The number of carbonyl (C=O) groups is 1. The van der Waals surface area contributed by atoms with Crippen molar-refractivity contribution in [2.75, 3.05) is 0 Å². The first-order valence-electron chi connectivity index (χ1n) is 10.4. The van der Waals surface area contributed by atoms with Crippen molar-refractivity contribution in [3.8, 4) is 0 Å². The van der Waals surface area contributed by atoms with Gasteiger partial charge in [-0.3, -0.25) is 4.79 Å². The average Bonchev–Trinajstić information content (AvgIpc) is 3.40. The van der Waals surface area contributed by atoms with Gasteiger partial charge < -0.3 is 5.11 Å². The molecule has 3 saturated carbocycles. The summed E-state index contributed by atoms with van der Waals surface area (Å²) in [5, 5.41) is 8.60. The van der Waals surface area contributed by atoms with Gasteiger partial charge in [-0.25, -0.2) is 0 Å². The summed E-state index contributed by atoms with van der Waals surface area (Å²) in [6.07, 6.45) is 16.8. The van der Waals surface area contributed by atoms with Crippen molar-refractivity contribution in [2.24, 2.45) is 35.5 Å². The Hall–Kier alpha value is -0.530. The van der Waals surface area contributed by atoms with Crippen LogP contribution in [-0.2, 0) is 4.79 Å². The molecule has 2 heteroatoms. The van der Waals surface area contributed by atoms with Gasteiger partial charge in [0.25, 0.3) is 0 Å². The van der Waals surface area contributed by atoms with Crippen LogP contribution in [0.2, 0.25) is 0 Å². The van der Waals surface area contributed by atoms with E-state index < -0.39 is 5.97 Å². The molecule has 0 aromatic rings. The van der Waals surface area contributed by atoms with Crippen LogP contribution in [0.25, 0.3) is 0 Å². The summed E-state index contributed by atoms with van der Waals surface area (Å²) in [5.41, 5.74) is 0. The third-order valence-electron chi connectivity index (χ3n) is 6.91. The molecule has 132 valence electrons. The van der Waals surface area contributed by atoms with E-state index in [-0.39, 0.29) is 0 Å². The number of hydrogen-bond donors (Lipinski definition) is 1. The molecule has 3 aliphatic carbocycles. The van der Waals surface area contributed by atoms with E-state index in [1.165, 1.54) is 44.9 Å². The highest BCUT2D eigenvalue weighted by Crippen LogP contribution is 2.58. The van der Waals surface area contributed by atoms with Crippen LogP contribution in [0.1, 0.15) is 90.4 Å². The molecule has 23 heavy (non-hydrogen) atoms. The average molecular weight is 321 g/mol. The van der Waals surface area contributed by atoms with Crippen LogP contribution in [0, 0.1) is 35.5 Å². The standard InChI is InChI=1S/C21H36O2/c1-2-15-10-17(15)12-19-14-20(19)13-18-11-16(18)8-6-4-3-5-7-9-21(22)23/h15-20H,2-14H2,1H3,(H,22,23)/t15-,16?,17?,18-,19-,20?/m1/s1. The van der Waals surface area contributed by atoms with Crippen molar-refractivity contribution in [3.63, 3.8) is 0 Å². The first-order chi connectivity index (χ1) is 11.2. The molecule has 0 aliphatic heterocycles. The highest BCUT2D eigenvalue weighted by atomic mass is 16.4. The minimum absolute atomic E-state index is 0.354. The maximum Gasteiger partial charge on any atom is 0.303 e. The number of aliphatic carboxylic acids is 1. The monoisotopic (exact) mass is 320 g/mol. The van der Waals surface area contributed by atoms with Gasteiger partial charge in [-0.2, -0.15) is 0 Å². The van der Waals surface area contributed by atoms with E-state index in [1.54, 1.807) is 19.3 Å². The Morgan fingerprint density at radius 1 is 0.783 bits per heavy atom.